The molecule has 2 aromatic heterocycles. The van der Waals surface area contributed by atoms with Gasteiger partial charge in [0, 0.05) is 56.9 Å². The van der Waals surface area contributed by atoms with E-state index in [1.165, 1.54) is 4.68 Å². The van der Waals surface area contributed by atoms with Crippen LogP contribution in [0.15, 0.2) is 24.4 Å². The highest BCUT2D eigenvalue weighted by atomic mass is 16.5. The van der Waals surface area contributed by atoms with Crippen molar-refractivity contribution >= 4 is 29.1 Å². The second-order valence-corrected chi connectivity index (χ2v) is 8.99. The van der Waals surface area contributed by atoms with E-state index >= 15 is 0 Å². The van der Waals surface area contributed by atoms with Crippen LogP contribution in [-0.4, -0.2) is 52.4 Å². The summed E-state index contributed by atoms with van der Waals surface area (Å²) in [5, 5.41) is 20.3. The van der Waals surface area contributed by atoms with Gasteiger partial charge in [-0.05, 0) is 44.1 Å². The van der Waals surface area contributed by atoms with Gasteiger partial charge >= 0.3 is 0 Å². The first-order valence-corrected chi connectivity index (χ1v) is 11.4. The van der Waals surface area contributed by atoms with E-state index in [4.69, 9.17) is 4.74 Å². The molecule has 1 aliphatic carbocycles. The van der Waals surface area contributed by atoms with Gasteiger partial charge in [0.25, 0.3) is 5.91 Å². The van der Waals surface area contributed by atoms with Crippen molar-refractivity contribution in [2.45, 2.75) is 38.1 Å². The lowest BCUT2D eigenvalue weighted by Gasteiger charge is -2.22. The monoisotopic (exact) mass is 449 g/mol. The molecule has 0 aromatic carbocycles. The predicted molar refractivity (Wildman–Crippen MR) is 120 cm³/mol. The lowest BCUT2D eigenvalue weighted by Crippen LogP contribution is -2.39. The number of carbonyl (C=O) groups is 2. The third-order valence-electron chi connectivity index (χ3n) is 6.81. The highest BCUT2D eigenvalue weighted by Gasteiger charge is 2.56. The number of carbonyl (C=O) groups excluding carboxylic acids is 2. The fraction of sp³-hybridized carbons (Fsp3) is 0.522. The lowest BCUT2D eigenvalue weighted by atomic mass is 9.83. The molecule has 2 aliphatic heterocycles. The highest BCUT2D eigenvalue weighted by molar-refractivity contribution is 6.02. The van der Waals surface area contributed by atoms with Gasteiger partial charge in [0.2, 0.25) is 5.91 Å². The quantitative estimate of drug-likeness (QED) is 0.692. The average Bonchev–Trinajstić information content (AvgIpc) is 3.53. The molecule has 4 heterocycles. The fourth-order valence-electron chi connectivity index (χ4n) is 4.76. The molecule has 3 fully saturated rings. The number of nitrogens with zero attached hydrogens (tertiary/aromatic N) is 5. The maximum absolute atomic E-state index is 13.1. The Kier molecular flexibility index (Phi) is 5.50. The van der Waals surface area contributed by atoms with Gasteiger partial charge in [-0.25, -0.2) is 4.98 Å². The maximum atomic E-state index is 13.1. The Morgan fingerprint density at radius 1 is 1.24 bits per heavy atom. The fourth-order valence-corrected chi connectivity index (χ4v) is 4.76. The number of aromatic nitrogens is 3. The summed E-state index contributed by atoms with van der Waals surface area (Å²) in [6.07, 6.45) is 5.67. The zero-order chi connectivity index (χ0) is 23.0. The second-order valence-electron chi connectivity index (χ2n) is 8.99. The molecule has 0 spiro atoms. The van der Waals surface area contributed by atoms with Crippen LogP contribution in [0.2, 0.25) is 0 Å². The van der Waals surface area contributed by atoms with Crippen LogP contribution in [0.1, 0.15) is 42.6 Å². The third kappa shape index (κ3) is 4.04. The molecule has 3 aliphatic rings. The van der Waals surface area contributed by atoms with E-state index in [0.717, 1.165) is 25.7 Å². The Bertz CT molecular complexity index is 1110. The van der Waals surface area contributed by atoms with Gasteiger partial charge in [0.1, 0.15) is 16.9 Å². The normalized spacial score (nSPS) is 23.4. The van der Waals surface area contributed by atoms with Crippen molar-refractivity contribution in [2.75, 3.05) is 30.0 Å². The van der Waals surface area contributed by atoms with Gasteiger partial charge in [0.15, 0.2) is 5.82 Å². The number of pyridine rings is 1. The van der Waals surface area contributed by atoms with E-state index < -0.39 is 5.41 Å². The minimum atomic E-state index is -0.884. The number of aryl methyl sites for hydroxylation is 1. The van der Waals surface area contributed by atoms with E-state index in [2.05, 4.69) is 26.8 Å². The standard InChI is InChI=1S/C23H27N7O3/c1-29-18(21(31)26-16-5-10-33-11-6-16)13-20(28-29)27-19-12-17(4-8-25-19)30-9-7-23(14-24,22(30)32)15-2-3-15/h4,8,12-13,15-16H,2-3,5-7,9-11H2,1H3,(H,26,31)(H,25,27,28)/t23-/m1/s1. The molecule has 0 bridgehead atoms. The first-order valence-electron chi connectivity index (χ1n) is 11.4. The minimum absolute atomic E-state index is 0.102. The molecule has 33 heavy (non-hydrogen) atoms. The molecule has 2 amide bonds. The molecule has 1 atom stereocenters. The molecule has 1 saturated carbocycles. The van der Waals surface area contributed by atoms with Crippen LogP contribution in [0.4, 0.5) is 17.3 Å². The Balaban J connectivity index is 1.29. The van der Waals surface area contributed by atoms with E-state index in [9.17, 15) is 14.9 Å². The summed E-state index contributed by atoms with van der Waals surface area (Å²) in [5.41, 5.74) is 0.256. The smallest absolute Gasteiger partial charge is 0.269 e. The summed E-state index contributed by atoms with van der Waals surface area (Å²) in [6.45, 7) is 1.83. The summed E-state index contributed by atoms with van der Waals surface area (Å²) in [4.78, 5) is 31.8. The molecular weight excluding hydrogens is 422 g/mol. The van der Waals surface area contributed by atoms with Crippen molar-refractivity contribution in [3.63, 3.8) is 0 Å². The number of nitrogens with one attached hydrogen (secondary N) is 2. The van der Waals surface area contributed by atoms with Crippen molar-refractivity contribution in [2.24, 2.45) is 18.4 Å². The number of rotatable bonds is 6. The summed E-state index contributed by atoms with van der Waals surface area (Å²) in [6, 6.07) is 7.64. The molecule has 10 heteroatoms. The van der Waals surface area contributed by atoms with Crippen LogP contribution < -0.4 is 15.5 Å². The predicted octanol–water partition coefficient (Wildman–Crippen LogP) is 2.12. The van der Waals surface area contributed by atoms with Crippen LogP contribution in [0.3, 0.4) is 0 Å². The highest BCUT2D eigenvalue weighted by Crippen LogP contribution is 2.51. The summed E-state index contributed by atoms with van der Waals surface area (Å²) in [7, 11) is 1.72. The molecule has 2 aromatic rings. The van der Waals surface area contributed by atoms with Gasteiger partial charge in [0.05, 0.1) is 6.07 Å². The van der Waals surface area contributed by atoms with Crippen molar-refractivity contribution in [3.8, 4) is 6.07 Å². The van der Waals surface area contributed by atoms with Crippen molar-refractivity contribution in [1.29, 1.82) is 5.26 Å². The van der Waals surface area contributed by atoms with Gasteiger partial charge in [-0.3, -0.25) is 14.3 Å². The van der Waals surface area contributed by atoms with E-state index in [1.807, 2.05) is 0 Å². The van der Waals surface area contributed by atoms with Crippen LogP contribution >= 0.6 is 0 Å². The number of ether oxygens (including phenoxy) is 1. The maximum Gasteiger partial charge on any atom is 0.269 e. The minimum Gasteiger partial charge on any atom is -0.381 e. The molecule has 0 unspecified atom stereocenters. The Hall–Kier alpha value is -3.45. The molecule has 10 nitrogen and oxygen atoms in total. The zero-order valence-electron chi connectivity index (χ0n) is 18.6. The van der Waals surface area contributed by atoms with Gasteiger partial charge in [-0.1, -0.05) is 0 Å². The van der Waals surface area contributed by atoms with E-state index in [0.29, 0.717) is 49.2 Å². The molecule has 2 N–H and O–H groups in total. The van der Waals surface area contributed by atoms with Crippen LogP contribution in [0.5, 0.6) is 0 Å². The topological polar surface area (TPSA) is 125 Å². The van der Waals surface area contributed by atoms with Gasteiger partial charge in [-0.2, -0.15) is 10.4 Å². The van der Waals surface area contributed by atoms with Gasteiger partial charge in [-0.15, -0.1) is 0 Å². The third-order valence-corrected chi connectivity index (χ3v) is 6.81. The molecule has 2 saturated heterocycles. The number of hydrogen-bond acceptors (Lipinski definition) is 7. The van der Waals surface area contributed by atoms with Crippen LogP contribution in [0.25, 0.3) is 0 Å². The van der Waals surface area contributed by atoms with E-state index in [1.54, 1.807) is 36.3 Å². The number of nitriles is 1. The largest absolute Gasteiger partial charge is 0.381 e. The van der Waals surface area contributed by atoms with Crippen molar-refractivity contribution in [1.82, 2.24) is 20.1 Å². The van der Waals surface area contributed by atoms with Crippen molar-refractivity contribution < 1.29 is 14.3 Å². The number of anilines is 3. The SMILES string of the molecule is Cn1nc(Nc2cc(N3CC[C@@](C#N)(C4CC4)C3=O)ccn2)cc1C(=O)NC1CCOCC1. The lowest BCUT2D eigenvalue weighted by molar-refractivity contribution is -0.123. The number of amides is 2. The van der Waals surface area contributed by atoms with Crippen molar-refractivity contribution in [3.05, 3.63) is 30.1 Å². The number of hydrogen-bond donors (Lipinski definition) is 2. The second kappa shape index (κ2) is 8.48. The Morgan fingerprint density at radius 2 is 2.03 bits per heavy atom. The Morgan fingerprint density at radius 3 is 2.76 bits per heavy atom. The molecule has 0 radical (unpaired) electrons. The Labute approximate surface area is 191 Å². The first-order chi connectivity index (χ1) is 16.0. The molecule has 172 valence electrons. The summed E-state index contributed by atoms with van der Waals surface area (Å²) < 4.78 is 6.87. The molecule has 5 rings (SSSR count). The molecular formula is C23H27N7O3. The summed E-state index contributed by atoms with van der Waals surface area (Å²) >= 11 is 0. The van der Waals surface area contributed by atoms with Crippen LogP contribution in [0, 0.1) is 22.7 Å². The average molecular weight is 450 g/mol. The van der Waals surface area contributed by atoms with E-state index in [-0.39, 0.29) is 23.8 Å². The zero-order valence-corrected chi connectivity index (χ0v) is 18.6. The first kappa shape index (κ1) is 21.4. The van der Waals surface area contributed by atoms with Gasteiger partial charge < -0.3 is 20.3 Å². The van der Waals surface area contributed by atoms with Crippen LogP contribution in [-0.2, 0) is 16.6 Å². The summed E-state index contributed by atoms with van der Waals surface area (Å²) in [5.74, 6) is 0.877.